The molecule has 0 heterocycles. The van der Waals surface area contributed by atoms with Gasteiger partial charge in [0.05, 0.1) is 18.5 Å². The Kier molecular flexibility index (Phi) is 4.79. The van der Waals surface area contributed by atoms with Gasteiger partial charge in [0, 0.05) is 6.21 Å². The first-order chi connectivity index (χ1) is 6.33. The highest BCUT2D eigenvalue weighted by Crippen LogP contribution is 2.07. The Labute approximate surface area is 83.6 Å². The third kappa shape index (κ3) is 4.25. The second-order valence-electron chi connectivity index (χ2n) is 2.99. The van der Waals surface area contributed by atoms with Crippen LogP contribution in [0.3, 0.4) is 0 Å². The van der Waals surface area contributed by atoms with Gasteiger partial charge in [0.25, 0.3) is 0 Å². The summed E-state index contributed by atoms with van der Waals surface area (Å²) in [7, 11) is 0. The summed E-state index contributed by atoms with van der Waals surface area (Å²) in [6, 6.07) is 0. The smallest absolute Gasteiger partial charge is 0.0870 e. The van der Waals surface area contributed by atoms with Gasteiger partial charge >= 0.3 is 0 Å². The molecule has 1 N–H and O–H groups in total. The standard InChI is InChI=1S/C10H14ClNO/c11-6-10(13)8-12-7-9-4-2-1-3-5-9/h2,4-5,7,10,13H,1,3,6,8H2. The van der Waals surface area contributed by atoms with Crippen molar-refractivity contribution in [2.75, 3.05) is 12.4 Å². The molecule has 0 saturated heterocycles. The van der Waals surface area contributed by atoms with Crippen LogP contribution in [0.5, 0.6) is 0 Å². The van der Waals surface area contributed by atoms with Gasteiger partial charge in [0.1, 0.15) is 0 Å². The first-order valence-electron chi connectivity index (χ1n) is 4.43. The lowest BCUT2D eigenvalue weighted by Crippen LogP contribution is -2.12. The van der Waals surface area contributed by atoms with Crippen molar-refractivity contribution in [1.82, 2.24) is 0 Å². The first-order valence-corrected chi connectivity index (χ1v) is 4.97. The number of rotatable bonds is 4. The number of aliphatic imine (C=N–C) groups is 1. The van der Waals surface area contributed by atoms with Crippen LogP contribution in [0, 0.1) is 0 Å². The predicted molar refractivity (Wildman–Crippen MR) is 56.5 cm³/mol. The maximum absolute atomic E-state index is 9.10. The molecule has 0 aromatic heterocycles. The quantitative estimate of drug-likeness (QED) is 0.545. The summed E-state index contributed by atoms with van der Waals surface area (Å²) in [5.74, 6) is 0.242. The summed E-state index contributed by atoms with van der Waals surface area (Å²) in [5, 5.41) is 9.10. The largest absolute Gasteiger partial charge is 0.390 e. The molecule has 1 rings (SSSR count). The van der Waals surface area contributed by atoms with Gasteiger partial charge in [-0.05, 0) is 18.4 Å². The van der Waals surface area contributed by atoms with Crippen molar-refractivity contribution in [2.45, 2.75) is 18.9 Å². The normalized spacial score (nSPS) is 19.1. The maximum atomic E-state index is 9.10. The van der Waals surface area contributed by atoms with E-state index in [4.69, 9.17) is 16.7 Å². The zero-order valence-corrected chi connectivity index (χ0v) is 8.24. The fourth-order valence-corrected chi connectivity index (χ4v) is 1.16. The van der Waals surface area contributed by atoms with E-state index in [1.54, 1.807) is 6.21 Å². The Balaban J connectivity index is 2.31. The minimum atomic E-state index is -0.522. The van der Waals surface area contributed by atoms with Gasteiger partial charge in [-0.2, -0.15) is 0 Å². The SMILES string of the molecule is OC(CCl)CN=CC1=CCCC=C1. The number of halogens is 1. The van der Waals surface area contributed by atoms with Gasteiger partial charge in [-0.15, -0.1) is 11.6 Å². The summed E-state index contributed by atoms with van der Waals surface area (Å²) in [4.78, 5) is 4.09. The molecule has 0 amide bonds. The van der Waals surface area contributed by atoms with Crippen molar-refractivity contribution < 1.29 is 5.11 Å². The molecule has 0 saturated carbocycles. The van der Waals surface area contributed by atoms with E-state index in [-0.39, 0.29) is 5.88 Å². The van der Waals surface area contributed by atoms with Crippen LogP contribution in [-0.4, -0.2) is 29.8 Å². The van der Waals surface area contributed by atoms with Crippen molar-refractivity contribution >= 4 is 17.8 Å². The molecule has 0 bridgehead atoms. The Morgan fingerprint density at radius 3 is 3.08 bits per heavy atom. The molecule has 1 aliphatic rings. The van der Waals surface area contributed by atoms with Crippen LogP contribution in [0.25, 0.3) is 0 Å². The minimum Gasteiger partial charge on any atom is -0.390 e. The Morgan fingerprint density at radius 1 is 1.62 bits per heavy atom. The topological polar surface area (TPSA) is 32.6 Å². The highest BCUT2D eigenvalue weighted by molar-refractivity contribution is 6.18. The number of nitrogens with zero attached hydrogens (tertiary/aromatic N) is 1. The highest BCUT2D eigenvalue weighted by atomic mass is 35.5. The van der Waals surface area contributed by atoms with E-state index in [0.29, 0.717) is 6.54 Å². The average molecular weight is 200 g/mol. The lowest BCUT2D eigenvalue weighted by Gasteiger charge is -2.02. The number of allylic oxidation sites excluding steroid dienone is 4. The zero-order chi connectivity index (χ0) is 9.52. The molecule has 2 nitrogen and oxygen atoms in total. The van der Waals surface area contributed by atoms with Crippen molar-refractivity contribution in [3.05, 3.63) is 23.8 Å². The Bertz CT molecular complexity index is 233. The molecular formula is C10H14ClNO. The lowest BCUT2D eigenvalue weighted by molar-refractivity contribution is 0.207. The second kappa shape index (κ2) is 5.95. The lowest BCUT2D eigenvalue weighted by atomic mass is 10.1. The maximum Gasteiger partial charge on any atom is 0.0870 e. The van der Waals surface area contributed by atoms with Crippen LogP contribution < -0.4 is 0 Å². The summed E-state index contributed by atoms with van der Waals surface area (Å²) in [6.45, 7) is 0.384. The molecular weight excluding hydrogens is 186 g/mol. The number of aliphatic hydroxyl groups excluding tert-OH is 1. The summed E-state index contributed by atoms with van der Waals surface area (Å²) in [6.07, 6.45) is 9.75. The first kappa shape index (κ1) is 10.5. The zero-order valence-electron chi connectivity index (χ0n) is 7.49. The van der Waals surface area contributed by atoms with E-state index in [1.807, 2.05) is 6.08 Å². The second-order valence-corrected chi connectivity index (χ2v) is 3.29. The van der Waals surface area contributed by atoms with Crippen LogP contribution in [0.2, 0.25) is 0 Å². The van der Waals surface area contributed by atoms with Gasteiger partial charge in [-0.1, -0.05) is 18.2 Å². The summed E-state index contributed by atoms with van der Waals surface area (Å²) >= 11 is 5.42. The molecule has 0 aromatic carbocycles. The van der Waals surface area contributed by atoms with E-state index >= 15 is 0 Å². The van der Waals surface area contributed by atoms with Gasteiger partial charge in [0.15, 0.2) is 0 Å². The molecule has 0 radical (unpaired) electrons. The van der Waals surface area contributed by atoms with Crippen LogP contribution in [0.1, 0.15) is 12.8 Å². The predicted octanol–water partition coefficient (Wildman–Crippen LogP) is 1.93. The summed E-state index contributed by atoms with van der Waals surface area (Å²) < 4.78 is 0. The van der Waals surface area contributed by atoms with E-state index in [2.05, 4.69) is 17.1 Å². The minimum absolute atomic E-state index is 0.242. The van der Waals surface area contributed by atoms with Gasteiger partial charge in [-0.3, -0.25) is 4.99 Å². The van der Waals surface area contributed by atoms with Crippen molar-refractivity contribution in [3.8, 4) is 0 Å². The van der Waals surface area contributed by atoms with E-state index in [0.717, 1.165) is 18.4 Å². The molecule has 1 unspecified atom stereocenters. The fraction of sp³-hybridized carbons (Fsp3) is 0.500. The molecule has 3 heteroatoms. The molecule has 72 valence electrons. The molecule has 1 aliphatic carbocycles. The number of alkyl halides is 1. The van der Waals surface area contributed by atoms with Gasteiger partial charge < -0.3 is 5.11 Å². The third-order valence-corrected chi connectivity index (χ3v) is 2.11. The van der Waals surface area contributed by atoms with Crippen molar-refractivity contribution in [1.29, 1.82) is 0 Å². The average Bonchev–Trinajstić information content (AvgIpc) is 2.19. The molecule has 0 spiro atoms. The molecule has 0 aliphatic heterocycles. The Morgan fingerprint density at radius 2 is 2.46 bits per heavy atom. The molecule has 0 fully saturated rings. The van der Waals surface area contributed by atoms with E-state index < -0.39 is 6.10 Å². The monoisotopic (exact) mass is 199 g/mol. The Hall–Kier alpha value is -0.600. The molecule has 0 aromatic rings. The van der Waals surface area contributed by atoms with Crippen LogP contribution in [-0.2, 0) is 0 Å². The van der Waals surface area contributed by atoms with Crippen molar-refractivity contribution in [3.63, 3.8) is 0 Å². The number of hydrogen-bond donors (Lipinski definition) is 1. The van der Waals surface area contributed by atoms with Crippen molar-refractivity contribution in [2.24, 2.45) is 4.99 Å². The van der Waals surface area contributed by atoms with Gasteiger partial charge in [-0.25, -0.2) is 0 Å². The van der Waals surface area contributed by atoms with E-state index in [9.17, 15) is 0 Å². The van der Waals surface area contributed by atoms with Crippen LogP contribution in [0.4, 0.5) is 0 Å². The summed E-state index contributed by atoms with van der Waals surface area (Å²) in [5.41, 5.74) is 1.12. The molecule has 1 atom stereocenters. The van der Waals surface area contributed by atoms with Crippen LogP contribution in [0.15, 0.2) is 28.8 Å². The highest BCUT2D eigenvalue weighted by Gasteiger charge is 1.98. The van der Waals surface area contributed by atoms with E-state index in [1.165, 1.54) is 0 Å². The third-order valence-electron chi connectivity index (χ3n) is 1.76. The number of hydrogen-bond acceptors (Lipinski definition) is 2. The number of aliphatic hydroxyl groups is 1. The van der Waals surface area contributed by atoms with Crippen LogP contribution >= 0.6 is 11.6 Å². The van der Waals surface area contributed by atoms with Gasteiger partial charge in [0.2, 0.25) is 0 Å². The molecule has 13 heavy (non-hydrogen) atoms. The fourth-order valence-electron chi connectivity index (χ4n) is 1.06.